The highest BCUT2D eigenvalue weighted by Gasteiger charge is 2.18. The molecule has 0 saturated carbocycles. The molecule has 0 aliphatic carbocycles. The third kappa shape index (κ3) is 3.65. The number of anilines is 1. The molecule has 8 heteroatoms. The number of hydrogen-bond acceptors (Lipinski definition) is 4. The molecule has 2 aromatic rings. The van der Waals surface area contributed by atoms with E-state index in [2.05, 4.69) is 10.0 Å². The summed E-state index contributed by atoms with van der Waals surface area (Å²) >= 11 is 13.0. The zero-order valence-corrected chi connectivity index (χ0v) is 13.6. The molecule has 108 valence electrons. The van der Waals surface area contributed by atoms with Crippen LogP contribution in [0.2, 0.25) is 10.0 Å². The van der Waals surface area contributed by atoms with Crippen molar-refractivity contribution in [2.24, 2.45) is 0 Å². The monoisotopic (exact) mass is 350 g/mol. The van der Waals surface area contributed by atoms with Crippen molar-refractivity contribution in [1.82, 2.24) is 5.32 Å². The van der Waals surface area contributed by atoms with Crippen molar-refractivity contribution in [3.63, 3.8) is 0 Å². The highest BCUT2D eigenvalue weighted by atomic mass is 35.5. The SMILES string of the molecule is CNCc1ccc(S(=O)(=O)Nc2cc(Cl)ccc2Cl)s1. The first-order valence-corrected chi connectivity index (χ1v) is 8.69. The average Bonchev–Trinajstić information content (AvgIpc) is 2.83. The van der Waals surface area contributed by atoms with Crippen LogP contribution in [0.25, 0.3) is 0 Å². The van der Waals surface area contributed by atoms with Crippen LogP contribution >= 0.6 is 34.5 Å². The summed E-state index contributed by atoms with van der Waals surface area (Å²) in [5.41, 5.74) is 0.266. The Balaban J connectivity index is 2.28. The van der Waals surface area contributed by atoms with Crippen LogP contribution in [0.1, 0.15) is 4.88 Å². The van der Waals surface area contributed by atoms with E-state index in [9.17, 15) is 8.42 Å². The third-order valence-corrected chi connectivity index (χ3v) is 5.93. The first-order chi connectivity index (χ1) is 9.42. The van der Waals surface area contributed by atoms with Crippen molar-refractivity contribution in [2.45, 2.75) is 10.8 Å². The molecule has 0 saturated heterocycles. The van der Waals surface area contributed by atoms with E-state index in [4.69, 9.17) is 23.2 Å². The van der Waals surface area contributed by atoms with Crippen molar-refractivity contribution in [3.8, 4) is 0 Å². The molecule has 0 spiro atoms. The molecule has 0 aliphatic rings. The fourth-order valence-electron chi connectivity index (χ4n) is 1.54. The smallest absolute Gasteiger partial charge is 0.271 e. The van der Waals surface area contributed by atoms with Gasteiger partial charge in [0.1, 0.15) is 4.21 Å². The molecule has 0 radical (unpaired) electrons. The lowest BCUT2D eigenvalue weighted by Gasteiger charge is -2.08. The van der Waals surface area contributed by atoms with Crippen molar-refractivity contribution in [2.75, 3.05) is 11.8 Å². The summed E-state index contributed by atoms with van der Waals surface area (Å²) in [6.45, 7) is 0.623. The molecule has 1 aromatic heterocycles. The molecule has 0 aliphatic heterocycles. The maximum Gasteiger partial charge on any atom is 0.271 e. The summed E-state index contributed by atoms with van der Waals surface area (Å²) < 4.78 is 27.2. The lowest BCUT2D eigenvalue weighted by Crippen LogP contribution is -2.11. The van der Waals surface area contributed by atoms with Gasteiger partial charge in [0.2, 0.25) is 0 Å². The van der Waals surface area contributed by atoms with Gasteiger partial charge in [0.25, 0.3) is 10.0 Å². The molecule has 0 atom stereocenters. The molecule has 4 nitrogen and oxygen atoms in total. The minimum Gasteiger partial charge on any atom is -0.315 e. The summed E-state index contributed by atoms with van der Waals surface area (Å²) in [6.07, 6.45) is 0. The average molecular weight is 351 g/mol. The second-order valence-corrected chi connectivity index (χ2v) is 7.90. The van der Waals surface area contributed by atoms with E-state index in [1.807, 2.05) is 0 Å². The first kappa shape index (κ1) is 15.6. The van der Waals surface area contributed by atoms with E-state index in [-0.39, 0.29) is 9.90 Å². The number of benzene rings is 1. The fourth-order valence-corrected chi connectivity index (χ4v) is 4.37. The van der Waals surface area contributed by atoms with Gasteiger partial charge in [-0.1, -0.05) is 23.2 Å². The van der Waals surface area contributed by atoms with E-state index < -0.39 is 10.0 Å². The molecule has 0 bridgehead atoms. The van der Waals surface area contributed by atoms with Gasteiger partial charge in [0.15, 0.2) is 0 Å². The Morgan fingerprint density at radius 2 is 1.95 bits per heavy atom. The van der Waals surface area contributed by atoms with Gasteiger partial charge in [-0.15, -0.1) is 11.3 Å². The number of sulfonamides is 1. The predicted octanol–water partition coefficient (Wildman–Crippen LogP) is 3.58. The number of nitrogens with one attached hydrogen (secondary N) is 2. The van der Waals surface area contributed by atoms with Crippen molar-refractivity contribution >= 4 is 50.2 Å². The van der Waals surface area contributed by atoms with Gasteiger partial charge in [-0.3, -0.25) is 4.72 Å². The molecule has 1 heterocycles. The maximum atomic E-state index is 12.3. The Kier molecular flexibility index (Phi) is 4.93. The Hall–Kier alpha value is -0.790. The van der Waals surface area contributed by atoms with Crippen LogP contribution in [0.4, 0.5) is 5.69 Å². The van der Waals surface area contributed by atoms with Gasteiger partial charge >= 0.3 is 0 Å². The zero-order valence-electron chi connectivity index (χ0n) is 10.5. The van der Waals surface area contributed by atoms with Crippen LogP contribution in [0.3, 0.4) is 0 Å². The highest BCUT2D eigenvalue weighted by molar-refractivity contribution is 7.94. The van der Waals surface area contributed by atoms with Gasteiger partial charge in [-0.2, -0.15) is 0 Å². The molecule has 1 aromatic carbocycles. The maximum absolute atomic E-state index is 12.3. The highest BCUT2D eigenvalue weighted by Crippen LogP contribution is 2.29. The van der Waals surface area contributed by atoms with Crippen LogP contribution in [0.5, 0.6) is 0 Å². The molecule has 2 N–H and O–H groups in total. The molecule has 20 heavy (non-hydrogen) atoms. The normalized spacial score (nSPS) is 11.6. The summed E-state index contributed by atoms with van der Waals surface area (Å²) in [5.74, 6) is 0. The van der Waals surface area contributed by atoms with Crippen LogP contribution in [-0.4, -0.2) is 15.5 Å². The van der Waals surface area contributed by atoms with Gasteiger partial charge in [0.05, 0.1) is 10.7 Å². The lowest BCUT2D eigenvalue weighted by atomic mass is 10.3. The van der Waals surface area contributed by atoms with E-state index in [1.54, 1.807) is 31.3 Å². The first-order valence-electron chi connectivity index (χ1n) is 5.63. The van der Waals surface area contributed by atoms with Gasteiger partial charge in [-0.05, 0) is 37.4 Å². The number of thiophene rings is 1. The Morgan fingerprint density at radius 1 is 1.20 bits per heavy atom. The van der Waals surface area contributed by atoms with Crippen LogP contribution in [0, 0.1) is 0 Å². The van der Waals surface area contributed by atoms with Crippen molar-refractivity contribution in [1.29, 1.82) is 0 Å². The molecule has 0 amide bonds. The van der Waals surface area contributed by atoms with Gasteiger partial charge < -0.3 is 5.32 Å². The quantitative estimate of drug-likeness (QED) is 0.866. The van der Waals surface area contributed by atoms with E-state index in [1.165, 1.54) is 17.4 Å². The molecule has 0 fully saturated rings. The summed E-state index contributed by atoms with van der Waals surface area (Å²) in [4.78, 5) is 0.935. The number of hydrogen-bond donors (Lipinski definition) is 2. The van der Waals surface area contributed by atoms with E-state index in [0.29, 0.717) is 16.6 Å². The van der Waals surface area contributed by atoms with Crippen LogP contribution < -0.4 is 10.0 Å². The molecular weight excluding hydrogens is 339 g/mol. The van der Waals surface area contributed by atoms with E-state index >= 15 is 0 Å². The summed E-state index contributed by atoms with van der Waals surface area (Å²) in [5, 5.41) is 3.68. The van der Waals surface area contributed by atoms with Crippen LogP contribution in [-0.2, 0) is 16.6 Å². The molecule has 2 rings (SSSR count). The van der Waals surface area contributed by atoms with Gasteiger partial charge in [0, 0.05) is 16.4 Å². The second-order valence-electron chi connectivity index (χ2n) is 3.98. The topological polar surface area (TPSA) is 58.2 Å². The molecule has 0 unspecified atom stereocenters. The minimum atomic E-state index is -3.65. The zero-order chi connectivity index (χ0) is 14.8. The second kappa shape index (κ2) is 6.32. The fraction of sp³-hybridized carbons (Fsp3) is 0.167. The Bertz CT molecular complexity index is 714. The standard InChI is InChI=1S/C12H12Cl2N2O2S2/c1-15-7-9-3-5-12(19-9)20(17,18)16-11-6-8(13)2-4-10(11)14/h2-6,15-16H,7H2,1H3. The van der Waals surface area contributed by atoms with Crippen molar-refractivity contribution in [3.05, 3.63) is 45.3 Å². The van der Waals surface area contributed by atoms with E-state index in [0.717, 1.165) is 4.88 Å². The van der Waals surface area contributed by atoms with Crippen molar-refractivity contribution < 1.29 is 8.42 Å². The number of halogens is 2. The minimum absolute atomic E-state index is 0.235. The predicted molar refractivity (Wildman–Crippen MR) is 84.4 cm³/mol. The van der Waals surface area contributed by atoms with Crippen LogP contribution in [0.15, 0.2) is 34.5 Å². The van der Waals surface area contributed by atoms with Gasteiger partial charge in [-0.25, -0.2) is 8.42 Å². The molecular formula is C12H12Cl2N2O2S2. The Labute approximate surface area is 131 Å². The largest absolute Gasteiger partial charge is 0.315 e. The lowest BCUT2D eigenvalue weighted by molar-refractivity contribution is 0.603. The number of rotatable bonds is 5. The summed E-state index contributed by atoms with van der Waals surface area (Å²) in [7, 11) is -1.85. The summed E-state index contributed by atoms with van der Waals surface area (Å²) in [6, 6.07) is 7.96. The third-order valence-electron chi connectivity index (χ3n) is 2.43. The Morgan fingerprint density at radius 3 is 2.65 bits per heavy atom.